The van der Waals surface area contributed by atoms with E-state index in [9.17, 15) is 0 Å². The molecular formula is C10H24N2. The Balaban J connectivity index is 3.18. The molecule has 0 amide bonds. The summed E-state index contributed by atoms with van der Waals surface area (Å²) < 4.78 is 0. The Morgan fingerprint density at radius 2 is 1.42 bits per heavy atom. The van der Waals surface area contributed by atoms with E-state index in [4.69, 9.17) is 0 Å². The first-order chi connectivity index (χ1) is 5.70. The maximum Gasteiger partial charge on any atom is -0.000960 e. The van der Waals surface area contributed by atoms with Gasteiger partial charge in [0.05, 0.1) is 0 Å². The minimum atomic E-state index is 1.16. The second-order valence-electron chi connectivity index (χ2n) is 3.55. The van der Waals surface area contributed by atoms with Crippen LogP contribution in [0.5, 0.6) is 0 Å². The minimum absolute atomic E-state index is 1.16. The van der Waals surface area contributed by atoms with E-state index in [1.807, 2.05) is 0 Å². The van der Waals surface area contributed by atoms with E-state index < -0.39 is 0 Å². The molecule has 0 aliphatic carbocycles. The van der Waals surface area contributed by atoms with Crippen molar-refractivity contribution in [1.82, 2.24) is 9.80 Å². The molecule has 12 heavy (non-hydrogen) atoms. The average Bonchev–Trinajstić information content (AvgIpc) is 2.04. The predicted octanol–water partition coefficient (Wildman–Crippen LogP) is 1.67. The molecule has 74 valence electrons. The molecular weight excluding hydrogens is 148 g/mol. The van der Waals surface area contributed by atoms with Crippen molar-refractivity contribution in [2.45, 2.75) is 26.7 Å². The van der Waals surface area contributed by atoms with Gasteiger partial charge in [-0.1, -0.05) is 13.8 Å². The maximum atomic E-state index is 2.41. The Morgan fingerprint density at radius 1 is 0.833 bits per heavy atom. The molecule has 0 atom stereocenters. The Morgan fingerprint density at radius 3 is 1.92 bits per heavy atom. The van der Waals surface area contributed by atoms with E-state index in [0.29, 0.717) is 0 Å². The van der Waals surface area contributed by atoms with Crippen LogP contribution in [0.15, 0.2) is 0 Å². The van der Waals surface area contributed by atoms with E-state index >= 15 is 0 Å². The molecule has 0 aliphatic rings. The fourth-order valence-corrected chi connectivity index (χ4v) is 1.26. The van der Waals surface area contributed by atoms with Gasteiger partial charge >= 0.3 is 0 Å². The van der Waals surface area contributed by atoms with Crippen LogP contribution in [0.25, 0.3) is 0 Å². The second-order valence-corrected chi connectivity index (χ2v) is 3.55. The van der Waals surface area contributed by atoms with E-state index in [2.05, 4.69) is 37.7 Å². The third kappa shape index (κ3) is 6.62. The predicted molar refractivity (Wildman–Crippen MR) is 55.6 cm³/mol. The van der Waals surface area contributed by atoms with Crippen LogP contribution in [0, 0.1) is 0 Å². The maximum absolute atomic E-state index is 2.41. The van der Waals surface area contributed by atoms with Crippen molar-refractivity contribution in [2.75, 3.05) is 40.3 Å². The van der Waals surface area contributed by atoms with E-state index in [1.54, 1.807) is 0 Å². The van der Waals surface area contributed by atoms with Crippen LogP contribution in [-0.4, -0.2) is 50.1 Å². The normalized spacial score (nSPS) is 11.5. The molecule has 0 saturated carbocycles. The van der Waals surface area contributed by atoms with Gasteiger partial charge in [0.1, 0.15) is 0 Å². The molecule has 0 aromatic carbocycles. The van der Waals surface area contributed by atoms with Gasteiger partial charge in [-0.25, -0.2) is 0 Å². The Hall–Kier alpha value is -0.0800. The lowest BCUT2D eigenvalue weighted by Gasteiger charge is -2.18. The van der Waals surface area contributed by atoms with E-state index in [0.717, 1.165) is 6.54 Å². The SMILES string of the molecule is CCCN(C)CCCN(C)CC. The van der Waals surface area contributed by atoms with Crippen molar-refractivity contribution in [2.24, 2.45) is 0 Å². The molecule has 0 rings (SSSR count). The highest BCUT2D eigenvalue weighted by Gasteiger charge is 1.97. The molecule has 0 radical (unpaired) electrons. The van der Waals surface area contributed by atoms with Crippen molar-refractivity contribution < 1.29 is 0 Å². The van der Waals surface area contributed by atoms with Crippen LogP contribution in [0.4, 0.5) is 0 Å². The van der Waals surface area contributed by atoms with Gasteiger partial charge in [-0.15, -0.1) is 0 Å². The van der Waals surface area contributed by atoms with Crippen molar-refractivity contribution in [3.05, 3.63) is 0 Å². The molecule has 0 aromatic heterocycles. The van der Waals surface area contributed by atoms with Crippen molar-refractivity contribution in [3.8, 4) is 0 Å². The van der Waals surface area contributed by atoms with Crippen LogP contribution in [0.1, 0.15) is 26.7 Å². The molecule has 0 N–H and O–H groups in total. The highest BCUT2D eigenvalue weighted by atomic mass is 15.1. The van der Waals surface area contributed by atoms with Gasteiger partial charge in [-0.05, 0) is 53.1 Å². The zero-order chi connectivity index (χ0) is 9.40. The molecule has 0 heterocycles. The summed E-state index contributed by atoms with van der Waals surface area (Å²) in [6, 6.07) is 0. The van der Waals surface area contributed by atoms with Gasteiger partial charge in [0.25, 0.3) is 0 Å². The molecule has 0 spiro atoms. The summed E-state index contributed by atoms with van der Waals surface area (Å²) in [5, 5.41) is 0. The minimum Gasteiger partial charge on any atom is -0.307 e. The monoisotopic (exact) mass is 172 g/mol. The number of nitrogens with zero attached hydrogens (tertiary/aromatic N) is 2. The van der Waals surface area contributed by atoms with Crippen LogP contribution < -0.4 is 0 Å². The number of rotatable bonds is 7. The highest BCUT2D eigenvalue weighted by Crippen LogP contribution is 1.91. The summed E-state index contributed by atoms with van der Waals surface area (Å²) in [5.74, 6) is 0. The van der Waals surface area contributed by atoms with Gasteiger partial charge in [-0.2, -0.15) is 0 Å². The molecule has 2 heteroatoms. The molecule has 0 aliphatic heterocycles. The van der Waals surface area contributed by atoms with Gasteiger partial charge < -0.3 is 9.80 Å². The van der Waals surface area contributed by atoms with Crippen molar-refractivity contribution >= 4 is 0 Å². The van der Waals surface area contributed by atoms with Gasteiger partial charge in [0.15, 0.2) is 0 Å². The first-order valence-corrected chi connectivity index (χ1v) is 5.07. The largest absolute Gasteiger partial charge is 0.307 e. The van der Waals surface area contributed by atoms with Gasteiger partial charge in [0.2, 0.25) is 0 Å². The molecule has 0 fully saturated rings. The molecule has 0 aromatic rings. The first-order valence-electron chi connectivity index (χ1n) is 5.07. The Bertz CT molecular complexity index is 93.8. The zero-order valence-corrected chi connectivity index (χ0v) is 9.14. The van der Waals surface area contributed by atoms with Gasteiger partial charge in [-0.3, -0.25) is 0 Å². The topological polar surface area (TPSA) is 6.48 Å². The highest BCUT2D eigenvalue weighted by molar-refractivity contribution is 4.53. The first kappa shape index (κ1) is 11.9. The standard InChI is InChI=1S/C10H24N2/c1-5-8-12(4)10-7-9-11(3)6-2/h5-10H2,1-4H3. The molecule has 2 nitrogen and oxygen atoms in total. The zero-order valence-electron chi connectivity index (χ0n) is 9.14. The third-order valence-electron chi connectivity index (χ3n) is 2.22. The fourth-order valence-electron chi connectivity index (χ4n) is 1.26. The van der Waals surface area contributed by atoms with Crippen LogP contribution >= 0.6 is 0 Å². The summed E-state index contributed by atoms with van der Waals surface area (Å²) in [6.07, 6.45) is 2.56. The summed E-state index contributed by atoms with van der Waals surface area (Å²) in [5.41, 5.74) is 0. The summed E-state index contributed by atoms with van der Waals surface area (Å²) in [7, 11) is 4.38. The number of hydrogen-bond acceptors (Lipinski definition) is 2. The quantitative estimate of drug-likeness (QED) is 0.576. The van der Waals surface area contributed by atoms with Gasteiger partial charge in [0, 0.05) is 0 Å². The summed E-state index contributed by atoms with van der Waals surface area (Å²) in [4.78, 5) is 4.77. The van der Waals surface area contributed by atoms with Crippen LogP contribution in [-0.2, 0) is 0 Å². The summed E-state index contributed by atoms with van der Waals surface area (Å²) >= 11 is 0. The molecule has 0 saturated heterocycles. The molecule has 0 unspecified atom stereocenters. The van der Waals surface area contributed by atoms with Crippen molar-refractivity contribution in [1.29, 1.82) is 0 Å². The Kier molecular flexibility index (Phi) is 7.51. The van der Waals surface area contributed by atoms with Crippen LogP contribution in [0.2, 0.25) is 0 Å². The third-order valence-corrected chi connectivity index (χ3v) is 2.22. The lowest BCUT2D eigenvalue weighted by molar-refractivity contribution is 0.285. The lowest BCUT2D eigenvalue weighted by atomic mass is 10.3. The lowest BCUT2D eigenvalue weighted by Crippen LogP contribution is -2.25. The molecule has 0 bridgehead atoms. The van der Waals surface area contributed by atoms with E-state index in [1.165, 1.54) is 32.5 Å². The fraction of sp³-hybridized carbons (Fsp3) is 1.00. The second kappa shape index (κ2) is 7.56. The summed E-state index contributed by atoms with van der Waals surface area (Å²) in [6.45, 7) is 9.29. The van der Waals surface area contributed by atoms with Crippen LogP contribution in [0.3, 0.4) is 0 Å². The van der Waals surface area contributed by atoms with E-state index in [-0.39, 0.29) is 0 Å². The Labute approximate surface area is 77.5 Å². The average molecular weight is 172 g/mol. The smallest absolute Gasteiger partial charge is 0.000960 e. The number of hydrogen-bond donors (Lipinski definition) is 0. The van der Waals surface area contributed by atoms with Crippen molar-refractivity contribution in [3.63, 3.8) is 0 Å².